The van der Waals surface area contributed by atoms with Gasteiger partial charge in [0.2, 0.25) is 0 Å². The summed E-state index contributed by atoms with van der Waals surface area (Å²) in [7, 11) is 0. The fourth-order valence-corrected chi connectivity index (χ4v) is 2.38. The maximum atomic E-state index is 11.2. The van der Waals surface area contributed by atoms with E-state index in [2.05, 4.69) is 10.3 Å². The molecular formula is C16H20N2O2. The lowest BCUT2D eigenvalue weighted by Crippen LogP contribution is -2.36. The molecule has 4 heteroatoms. The van der Waals surface area contributed by atoms with Crippen LogP contribution in [-0.2, 0) is 11.3 Å². The first kappa shape index (κ1) is 14.5. The third-order valence-electron chi connectivity index (χ3n) is 3.34. The Labute approximate surface area is 118 Å². The number of aromatic nitrogens is 1. The Bertz CT molecular complexity index is 610. The first-order valence-electron chi connectivity index (χ1n) is 6.93. The predicted molar refractivity (Wildman–Crippen MR) is 79.7 cm³/mol. The van der Waals surface area contributed by atoms with Crippen LogP contribution < -0.4 is 5.32 Å². The average molecular weight is 272 g/mol. The molecular weight excluding hydrogens is 252 g/mol. The van der Waals surface area contributed by atoms with Crippen molar-refractivity contribution in [2.75, 3.05) is 0 Å². The fraction of sp³-hybridized carbons (Fsp3) is 0.375. The second-order valence-corrected chi connectivity index (χ2v) is 5.00. The number of nitrogens with zero attached hydrogens (tertiary/aromatic N) is 1. The lowest BCUT2D eigenvalue weighted by Gasteiger charge is -2.15. The first-order chi connectivity index (χ1) is 9.61. The van der Waals surface area contributed by atoms with E-state index in [9.17, 15) is 9.90 Å². The molecule has 1 atom stereocenters. The molecule has 1 heterocycles. The van der Waals surface area contributed by atoms with E-state index >= 15 is 0 Å². The van der Waals surface area contributed by atoms with Crippen LogP contribution in [0.4, 0.5) is 0 Å². The van der Waals surface area contributed by atoms with Gasteiger partial charge in [-0.3, -0.25) is 9.78 Å². The third-order valence-corrected chi connectivity index (χ3v) is 3.34. The Morgan fingerprint density at radius 1 is 1.40 bits per heavy atom. The Kier molecular flexibility index (Phi) is 4.69. The molecule has 0 saturated carbocycles. The molecule has 0 aliphatic carbocycles. The molecule has 2 rings (SSSR count). The van der Waals surface area contributed by atoms with Crippen molar-refractivity contribution < 1.29 is 9.90 Å². The molecule has 0 amide bonds. The van der Waals surface area contributed by atoms with Crippen molar-refractivity contribution in [2.45, 2.75) is 39.3 Å². The molecule has 0 fully saturated rings. The van der Waals surface area contributed by atoms with Crippen molar-refractivity contribution in [2.24, 2.45) is 0 Å². The van der Waals surface area contributed by atoms with Crippen LogP contribution in [0.1, 0.15) is 31.0 Å². The van der Waals surface area contributed by atoms with E-state index < -0.39 is 12.0 Å². The summed E-state index contributed by atoms with van der Waals surface area (Å²) < 4.78 is 0. The van der Waals surface area contributed by atoms with Crippen LogP contribution in [0.2, 0.25) is 0 Å². The van der Waals surface area contributed by atoms with Gasteiger partial charge in [-0.05, 0) is 31.0 Å². The zero-order valence-corrected chi connectivity index (χ0v) is 11.9. The Hall–Kier alpha value is -1.94. The van der Waals surface area contributed by atoms with Crippen molar-refractivity contribution in [3.63, 3.8) is 0 Å². The number of aliphatic carboxylic acids is 1. The molecule has 2 aromatic rings. The van der Waals surface area contributed by atoms with Gasteiger partial charge in [0.25, 0.3) is 0 Å². The minimum Gasteiger partial charge on any atom is -0.480 e. The number of carboxylic acids is 1. The summed E-state index contributed by atoms with van der Waals surface area (Å²) in [6.45, 7) is 4.49. The van der Waals surface area contributed by atoms with Crippen LogP contribution in [0.5, 0.6) is 0 Å². The highest BCUT2D eigenvalue weighted by Gasteiger charge is 2.15. The number of hydrogen-bond acceptors (Lipinski definition) is 3. The number of carbonyl (C=O) groups is 1. The molecule has 4 nitrogen and oxygen atoms in total. The SMILES string of the molecule is CCCC(NCc1cc(C)nc2ccccc12)C(=O)O. The normalized spacial score (nSPS) is 12.5. The number of para-hydroxylation sites is 1. The number of benzene rings is 1. The summed E-state index contributed by atoms with van der Waals surface area (Å²) >= 11 is 0. The Balaban J connectivity index is 2.22. The van der Waals surface area contributed by atoms with E-state index in [0.717, 1.165) is 28.6 Å². The zero-order valence-electron chi connectivity index (χ0n) is 11.9. The monoisotopic (exact) mass is 272 g/mol. The minimum atomic E-state index is -0.790. The molecule has 0 aliphatic heterocycles. The number of nitrogens with one attached hydrogen (secondary N) is 1. The Morgan fingerprint density at radius 3 is 2.85 bits per heavy atom. The number of carboxylic acid groups (broad SMARTS) is 1. The van der Waals surface area contributed by atoms with Crippen LogP contribution in [0.25, 0.3) is 10.9 Å². The standard InChI is InChI=1S/C16H20N2O2/c1-3-6-15(16(19)20)17-10-12-9-11(2)18-14-8-5-4-7-13(12)14/h4-5,7-9,15,17H,3,6,10H2,1-2H3,(H,19,20). The van der Waals surface area contributed by atoms with Crippen molar-refractivity contribution >= 4 is 16.9 Å². The molecule has 0 radical (unpaired) electrons. The van der Waals surface area contributed by atoms with Crippen molar-refractivity contribution in [1.29, 1.82) is 0 Å². The summed E-state index contributed by atoms with van der Waals surface area (Å²) in [5, 5.41) is 13.4. The topological polar surface area (TPSA) is 62.2 Å². The average Bonchev–Trinajstić information content (AvgIpc) is 2.42. The van der Waals surface area contributed by atoms with Crippen LogP contribution in [0.3, 0.4) is 0 Å². The van der Waals surface area contributed by atoms with Gasteiger partial charge in [0.05, 0.1) is 5.52 Å². The molecule has 0 spiro atoms. The summed E-state index contributed by atoms with van der Waals surface area (Å²) in [6.07, 6.45) is 1.48. The lowest BCUT2D eigenvalue weighted by molar-refractivity contribution is -0.139. The van der Waals surface area contributed by atoms with Crippen LogP contribution in [0, 0.1) is 6.92 Å². The van der Waals surface area contributed by atoms with E-state index in [1.807, 2.05) is 44.2 Å². The van der Waals surface area contributed by atoms with E-state index in [4.69, 9.17) is 0 Å². The number of pyridine rings is 1. The lowest BCUT2D eigenvalue weighted by atomic mass is 10.1. The van der Waals surface area contributed by atoms with Crippen LogP contribution in [0.15, 0.2) is 30.3 Å². The van der Waals surface area contributed by atoms with Crippen LogP contribution >= 0.6 is 0 Å². The van der Waals surface area contributed by atoms with Gasteiger partial charge in [-0.1, -0.05) is 31.5 Å². The summed E-state index contributed by atoms with van der Waals surface area (Å²) in [5.74, 6) is -0.790. The fourth-order valence-electron chi connectivity index (χ4n) is 2.38. The number of hydrogen-bond donors (Lipinski definition) is 2. The number of rotatable bonds is 6. The van der Waals surface area contributed by atoms with Crippen LogP contribution in [-0.4, -0.2) is 22.1 Å². The second kappa shape index (κ2) is 6.48. The largest absolute Gasteiger partial charge is 0.480 e. The minimum absolute atomic E-state index is 0.493. The highest BCUT2D eigenvalue weighted by atomic mass is 16.4. The van der Waals surface area contributed by atoms with E-state index in [1.165, 1.54) is 0 Å². The molecule has 0 aliphatic rings. The van der Waals surface area contributed by atoms with Gasteiger partial charge in [-0.15, -0.1) is 0 Å². The summed E-state index contributed by atoms with van der Waals surface area (Å²) in [6, 6.07) is 9.46. The number of aryl methyl sites for hydroxylation is 1. The third kappa shape index (κ3) is 3.33. The summed E-state index contributed by atoms with van der Waals surface area (Å²) in [4.78, 5) is 15.7. The molecule has 1 aromatic carbocycles. The van der Waals surface area contributed by atoms with Gasteiger partial charge in [0, 0.05) is 17.6 Å². The molecule has 2 N–H and O–H groups in total. The van der Waals surface area contributed by atoms with E-state index in [0.29, 0.717) is 13.0 Å². The maximum absolute atomic E-state index is 11.2. The zero-order chi connectivity index (χ0) is 14.5. The quantitative estimate of drug-likeness (QED) is 0.848. The van der Waals surface area contributed by atoms with Gasteiger partial charge in [0.15, 0.2) is 0 Å². The van der Waals surface area contributed by atoms with E-state index in [1.54, 1.807) is 0 Å². The number of fused-ring (bicyclic) bond motifs is 1. The molecule has 1 unspecified atom stereocenters. The molecule has 0 bridgehead atoms. The molecule has 20 heavy (non-hydrogen) atoms. The molecule has 106 valence electrons. The highest BCUT2D eigenvalue weighted by Crippen LogP contribution is 2.18. The van der Waals surface area contributed by atoms with Gasteiger partial charge in [0.1, 0.15) is 6.04 Å². The second-order valence-electron chi connectivity index (χ2n) is 5.00. The summed E-state index contributed by atoms with van der Waals surface area (Å²) in [5.41, 5.74) is 2.99. The highest BCUT2D eigenvalue weighted by molar-refractivity contribution is 5.82. The van der Waals surface area contributed by atoms with Crippen molar-refractivity contribution in [3.05, 3.63) is 41.6 Å². The maximum Gasteiger partial charge on any atom is 0.320 e. The smallest absolute Gasteiger partial charge is 0.320 e. The first-order valence-corrected chi connectivity index (χ1v) is 6.93. The van der Waals surface area contributed by atoms with Gasteiger partial charge < -0.3 is 10.4 Å². The van der Waals surface area contributed by atoms with Gasteiger partial charge in [-0.25, -0.2) is 0 Å². The predicted octanol–water partition coefficient (Wildman–Crippen LogP) is 2.89. The van der Waals surface area contributed by atoms with Gasteiger partial charge in [-0.2, -0.15) is 0 Å². The van der Waals surface area contributed by atoms with Crippen molar-refractivity contribution in [3.8, 4) is 0 Å². The van der Waals surface area contributed by atoms with Crippen molar-refractivity contribution in [1.82, 2.24) is 10.3 Å². The molecule has 0 saturated heterocycles. The van der Waals surface area contributed by atoms with Gasteiger partial charge >= 0.3 is 5.97 Å². The Morgan fingerprint density at radius 2 is 2.15 bits per heavy atom. The van der Waals surface area contributed by atoms with E-state index in [-0.39, 0.29) is 0 Å². The molecule has 1 aromatic heterocycles.